The lowest BCUT2D eigenvalue weighted by atomic mass is 10.1. The van der Waals surface area contributed by atoms with Crippen LogP contribution >= 0.6 is 11.8 Å². The summed E-state index contributed by atoms with van der Waals surface area (Å²) in [6, 6.07) is 12.3. The molecule has 0 bridgehead atoms. The molecule has 0 spiro atoms. The van der Waals surface area contributed by atoms with Crippen molar-refractivity contribution in [1.82, 2.24) is 15.5 Å². The second kappa shape index (κ2) is 9.93. The summed E-state index contributed by atoms with van der Waals surface area (Å²) >= 11 is 1.04. The Morgan fingerprint density at radius 1 is 1.10 bits per heavy atom. The zero-order chi connectivity index (χ0) is 21.5. The number of para-hydroxylation sites is 1. The van der Waals surface area contributed by atoms with Crippen molar-refractivity contribution in [1.29, 1.82) is 0 Å². The van der Waals surface area contributed by atoms with Crippen LogP contribution in [-0.4, -0.2) is 34.5 Å². The van der Waals surface area contributed by atoms with Gasteiger partial charge < -0.3 is 14.5 Å². The highest BCUT2D eigenvalue weighted by Crippen LogP contribution is 2.30. The Morgan fingerprint density at radius 3 is 2.67 bits per heavy atom. The van der Waals surface area contributed by atoms with Gasteiger partial charge >= 0.3 is 6.03 Å². The first-order valence-electron chi connectivity index (χ1n) is 9.33. The molecule has 0 aliphatic heterocycles. The number of imide groups is 1. The number of rotatable bonds is 7. The van der Waals surface area contributed by atoms with E-state index < -0.39 is 11.9 Å². The van der Waals surface area contributed by atoms with E-state index in [9.17, 15) is 9.59 Å². The third kappa shape index (κ3) is 5.60. The third-order valence-corrected chi connectivity index (χ3v) is 4.99. The van der Waals surface area contributed by atoms with Gasteiger partial charge in [0.1, 0.15) is 5.75 Å². The highest BCUT2D eigenvalue weighted by molar-refractivity contribution is 7.99. The van der Waals surface area contributed by atoms with E-state index in [0.717, 1.165) is 22.9 Å². The molecule has 2 N–H and O–H groups in total. The van der Waals surface area contributed by atoms with E-state index in [4.69, 9.17) is 9.15 Å². The van der Waals surface area contributed by atoms with Crippen LogP contribution in [-0.2, 0) is 4.79 Å². The van der Waals surface area contributed by atoms with Crippen LogP contribution in [0.15, 0.2) is 52.1 Å². The number of amides is 3. The predicted molar refractivity (Wildman–Crippen MR) is 115 cm³/mol. The molecule has 9 heteroatoms. The van der Waals surface area contributed by atoms with Crippen molar-refractivity contribution in [3.8, 4) is 17.2 Å². The number of carbonyl (C=O) groups excluding carboxylic acids is 2. The van der Waals surface area contributed by atoms with Gasteiger partial charge in [0.05, 0.1) is 17.9 Å². The van der Waals surface area contributed by atoms with Crippen molar-refractivity contribution >= 4 is 29.4 Å². The number of hydrogen-bond acceptors (Lipinski definition) is 7. The van der Waals surface area contributed by atoms with E-state index in [2.05, 4.69) is 20.8 Å². The molecular weight excluding hydrogens is 404 g/mol. The zero-order valence-electron chi connectivity index (χ0n) is 16.9. The van der Waals surface area contributed by atoms with Crippen LogP contribution in [0, 0.1) is 13.8 Å². The monoisotopic (exact) mass is 426 g/mol. The third-order valence-electron chi connectivity index (χ3n) is 4.17. The molecule has 0 atom stereocenters. The van der Waals surface area contributed by atoms with E-state index in [1.54, 1.807) is 6.07 Å². The first-order valence-corrected chi connectivity index (χ1v) is 10.3. The van der Waals surface area contributed by atoms with Crippen LogP contribution in [0.4, 0.5) is 10.5 Å². The maximum absolute atomic E-state index is 12.1. The maximum Gasteiger partial charge on any atom is 0.325 e. The Morgan fingerprint density at radius 2 is 1.90 bits per heavy atom. The normalized spacial score (nSPS) is 10.5. The van der Waals surface area contributed by atoms with Crippen molar-refractivity contribution in [2.24, 2.45) is 0 Å². The minimum Gasteiger partial charge on any atom is -0.493 e. The van der Waals surface area contributed by atoms with E-state index in [-0.39, 0.29) is 11.0 Å². The first-order chi connectivity index (χ1) is 14.5. The molecule has 0 saturated heterocycles. The number of urea groups is 1. The number of thioether (sulfide) groups is 1. The lowest BCUT2D eigenvalue weighted by Crippen LogP contribution is -2.35. The molecule has 156 valence electrons. The zero-order valence-corrected chi connectivity index (χ0v) is 17.7. The summed E-state index contributed by atoms with van der Waals surface area (Å²) in [5.74, 6) is 0.418. The summed E-state index contributed by atoms with van der Waals surface area (Å²) in [6.45, 7) is 6.34. The number of anilines is 1. The Balaban J connectivity index is 1.53. The van der Waals surface area contributed by atoms with Gasteiger partial charge in [0.2, 0.25) is 5.91 Å². The van der Waals surface area contributed by atoms with E-state index >= 15 is 0 Å². The number of aryl methyl sites for hydroxylation is 2. The van der Waals surface area contributed by atoms with Crippen molar-refractivity contribution in [3.63, 3.8) is 0 Å². The molecule has 3 rings (SSSR count). The number of hydrogen-bond donors (Lipinski definition) is 2. The second-order valence-corrected chi connectivity index (χ2v) is 7.32. The van der Waals surface area contributed by atoms with Crippen LogP contribution in [0.5, 0.6) is 5.75 Å². The lowest BCUT2D eigenvalue weighted by molar-refractivity contribution is -0.117. The fraction of sp³-hybridized carbons (Fsp3) is 0.238. The number of ether oxygens (including phenoxy) is 1. The van der Waals surface area contributed by atoms with Gasteiger partial charge in [0, 0.05) is 5.69 Å². The van der Waals surface area contributed by atoms with Crippen molar-refractivity contribution in [2.75, 3.05) is 17.7 Å². The van der Waals surface area contributed by atoms with Gasteiger partial charge in [-0.15, -0.1) is 10.2 Å². The van der Waals surface area contributed by atoms with Crippen LogP contribution in [0.1, 0.15) is 18.1 Å². The van der Waals surface area contributed by atoms with Gasteiger partial charge in [-0.2, -0.15) is 0 Å². The molecule has 0 radical (unpaired) electrons. The predicted octanol–water partition coefficient (Wildman–Crippen LogP) is 4.19. The standard InChI is InChI=1S/C21H22N4O4S/c1-4-28-17-8-6-5-7-16(17)19-24-25-21(29-19)30-12-18(26)23-20(27)22-15-10-9-13(2)14(3)11-15/h5-11H,4,12H2,1-3H3,(H2,22,23,26,27). The molecule has 1 aromatic heterocycles. The molecule has 30 heavy (non-hydrogen) atoms. The molecular formula is C21H22N4O4S. The largest absolute Gasteiger partial charge is 0.493 e. The Hall–Kier alpha value is -3.33. The van der Waals surface area contributed by atoms with Gasteiger partial charge in [-0.1, -0.05) is 30.0 Å². The van der Waals surface area contributed by atoms with Crippen LogP contribution in [0.25, 0.3) is 11.5 Å². The van der Waals surface area contributed by atoms with Gasteiger partial charge in [0.15, 0.2) is 0 Å². The molecule has 3 amide bonds. The SMILES string of the molecule is CCOc1ccccc1-c1nnc(SCC(=O)NC(=O)Nc2ccc(C)c(C)c2)o1. The molecule has 0 saturated carbocycles. The maximum atomic E-state index is 12.1. The number of aromatic nitrogens is 2. The first kappa shape index (κ1) is 21.4. The quantitative estimate of drug-likeness (QED) is 0.546. The highest BCUT2D eigenvalue weighted by Gasteiger charge is 2.15. The fourth-order valence-electron chi connectivity index (χ4n) is 2.57. The summed E-state index contributed by atoms with van der Waals surface area (Å²) in [6.07, 6.45) is 0. The van der Waals surface area contributed by atoms with Crippen LogP contribution in [0.3, 0.4) is 0 Å². The number of nitrogens with one attached hydrogen (secondary N) is 2. The number of carbonyl (C=O) groups is 2. The molecule has 8 nitrogen and oxygen atoms in total. The van der Waals surface area contributed by atoms with Crippen molar-refractivity contribution in [2.45, 2.75) is 26.0 Å². The van der Waals surface area contributed by atoms with E-state index in [1.807, 2.05) is 57.2 Å². The Labute approximate surface area is 178 Å². The molecule has 2 aromatic carbocycles. The summed E-state index contributed by atoms with van der Waals surface area (Å²) in [7, 11) is 0. The number of nitrogens with zero attached hydrogens (tertiary/aromatic N) is 2. The van der Waals surface area contributed by atoms with Gasteiger partial charge in [-0.3, -0.25) is 10.1 Å². The fourth-order valence-corrected chi connectivity index (χ4v) is 3.14. The molecule has 0 aliphatic rings. The molecule has 0 aliphatic carbocycles. The van der Waals surface area contributed by atoms with Crippen molar-refractivity contribution < 1.29 is 18.7 Å². The summed E-state index contributed by atoms with van der Waals surface area (Å²) in [5.41, 5.74) is 3.46. The van der Waals surface area contributed by atoms with Crippen LogP contribution < -0.4 is 15.4 Å². The Bertz CT molecular complexity index is 1050. The molecule has 0 fully saturated rings. The summed E-state index contributed by atoms with van der Waals surface area (Å²) in [4.78, 5) is 24.1. The van der Waals surface area contributed by atoms with Gasteiger partial charge in [-0.25, -0.2) is 4.79 Å². The molecule has 0 unspecified atom stereocenters. The average Bonchev–Trinajstić information content (AvgIpc) is 3.19. The topological polar surface area (TPSA) is 106 Å². The molecule has 3 aromatic rings. The Kier molecular flexibility index (Phi) is 7.08. The lowest BCUT2D eigenvalue weighted by Gasteiger charge is -2.08. The minimum atomic E-state index is -0.597. The average molecular weight is 426 g/mol. The highest BCUT2D eigenvalue weighted by atomic mass is 32.2. The summed E-state index contributed by atoms with van der Waals surface area (Å²) < 4.78 is 11.2. The van der Waals surface area contributed by atoms with E-state index in [1.165, 1.54) is 0 Å². The minimum absolute atomic E-state index is 0.0465. The summed E-state index contributed by atoms with van der Waals surface area (Å²) in [5, 5.41) is 13.1. The van der Waals surface area contributed by atoms with Gasteiger partial charge in [-0.05, 0) is 56.2 Å². The van der Waals surface area contributed by atoms with Gasteiger partial charge in [0.25, 0.3) is 11.1 Å². The smallest absolute Gasteiger partial charge is 0.325 e. The van der Waals surface area contributed by atoms with Crippen LogP contribution in [0.2, 0.25) is 0 Å². The second-order valence-electron chi connectivity index (χ2n) is 6.39. The number of benzene rings is 2. The van der Waals surface area contributed by atoms with Crippen molar-refractivity contribution in [3.05, 3.63) is 53.6 Å². The molecule has 1 heterocycles. The van der Waals surface area contributed by atoms with E-state index in [0.29, 0.717) is 29.5 Å².